The average molecular weight is 431 g/mol. The van der Waals surface area contributed by atoms with Gasteiger partial charge in [-0.1, -0.05) is 30.3 Å². The fourth-order valence-electron chi connectivity index (χ4n) is 3.58. The van der Waals surface area contributed by atoms with E-state index in [0.717, 1.165) is 5.56 Å². The van der Waals surface area contributed by atoms with E-state index in [1.807, 2.05) is 30.3 Å². The van der Waals surface area contributed by atoms with Crippen molar-refractivity contribution in [3.63, 3.8) is 0 Å². The zero-order valence-corrected chi connectivity index (χ0v) is 17.5. The fraction of sp³-hybridized carbons (Fsp3) is 0.364. The van der Waals surface area contributed by atoms with E-state index in [2.05, 4.69) is 5.32 Å². The average Bonchev–Trinajstić information content (AvgIpc) is 2.75. The first-order valence-corrected chi connectivity index (χ1v) is 11.6. The second-order valence-corrected chi connectivity index (χ2v) is 9.56. The lowest BCUT2D eigenvalue weighted by atomic mass is 9.98. The Morgan fingerprint density at radius 3 is 2.43 bits per heavy atom. The van der Waals surface area contributed by atoms with Crippen molar-refractivity contribution >= 4 is 27.6 Å². The first-order chi connectivity index (χ1) is 14.3. The molecule has 1 aliphatic heterocycles. The number of sulfonamides is 1. The first-order valence-electron chi connectivity index (χ1n) is 10.0. The molecule has 7 nitrogen and oxygen atoms in total. The maximum atomic E-state index is 12.7. The maximum absolute atomic E-state index is 12.7. The molecule has 1 saturated heterocycles. The number of carboxylic acids is 1. The van der Waals surface area contributed by atoms with Crippen LogP contribution in [-0.4, -0.2) is 48.5 Å². The molecule has 2 aromatic carbocycles. The smallest absolute Gasteiger partial charge is 0.335 e. The SMILES string of the molecule is O=C(O)c1ccc(NC(=O)[C@H]2CCCN(S(=O)(=O)CCCc3ccccc3)C2)cc1. The monoisotopic (exact) mass is 430 g/mol. The van der Waals surface area contributed by atoms with E-state index in [0.29, 0.717) is 37.9 Å². The van der Waals surface area contributed by atoms with Crippen molar-refractivity contribution in [2.75, 3.05) is 24.2 Å². The van der Waals surface area contributed by atoms with Crippen LogP contribution in [0.3, 0.4) is 0 Å². The predicted molar refractivity (Wildman–Crippen MR) is 115 cm³/mol. The third kappa shape index (κ3) is 5.90. The standard InChI is InChI=1S/C22H26N2O5S/c25-21(23-20-12-10-18(11-13-20)22(26)27)19-9-4-14-24(16-19)30(28,29)15-5-8-17-6-2-1-3-7-17/h1-3,6-7,10-13,19H,4-5,8-9,14-16H2,(H,23,25)(H,26,27)/t19-/m0/s1. The number of aryl methyl sites for hydroxylation is 1. The molecule has 30 heavy (non-hydrogen) atoms. The summed E-state index contributed by atoms with van der Waals surface area (Å²) in [5, 5.41) is 11.7. The molecular formula is C22H26N2O5S. The highest BCUT2D eigenvalue weighted by Crippen LogP contribution is 2.22. The minimum atomic E-state index is -3.42. The molecule has 1 amide bonds. The van der Waals surface area contributed by atoms with E-state index in [1.54, 1.807) is 0 Å². The molecular weight excluding hydrogens is 404 g/mol. The molecule has 0 aromatic heterocycles. The Morgan fingerprint density at radius 1 is 1.07 bits per heavy atom. The van der Waals surface area contributed by atoms with Gasteiger partial charge in [-0.05, 0) is 55.5 Å². The van der Waals surface area contributed by atoms with E-state index in [9.17, 15) is 18.0 Å². The number of carbonyl (C=O) groups excluding carboxylic acids is 1. The van der Waals surface area contributed by atoms with Crippen molar-refractivity contribution in [1.29, 1.82) is 0 Å². The number of piperidine rings is 1. The number of benzene rings is 2. The zero-order valence-electron chi connectivity index (χ0n) is 16.7. The van der Waals surface area contributed by atoms with Gasteiger partial charge in [0.15, 0.2) is 0 Å². The lowest BCUT2D eigenvalue weighted by Crippen LogP contribution is -2.44. The minimum Gasteiger partial charge on any atom is -0.478 e. The van der Waals surface area contributed by atoms with E-state index in [-0.39, 0.29) is 23.8 Å². The highest BCUT2D eigenvalue weighted by Gasteiger charge is 2.32. The minimum absolute atomic E-state index is 0.0624. The number of nitrogens with zero attached hydrogens (tertiary/aromatic N) is 1. The van der Waals surface area contributed by atoms with Gasteiger partial charge in [0.2, 0.25) is 15.9 Å². The molecule has 160 valence electrons. The number of anilines is 1. The summed E-state index contributed by atoms with van der Waals surface area (Å²) in [6.45, 7) is 0.609. The van der Waals surface area contributed by atoms with E-state index < -0.39 is 21.9 Å². The number of aromatic carboxylic acids is 1. The van der Waals surface area contributed by atoms with Gasteiger partial charge >= 0.3 is 5.97 Å². The molecule has 3 rings (SSSR count). The van der Waals surface area contributed by atoms with Crippen molar-refractivity contribution in [3.05, 3.63) is 65.7 Å². The largest absolute Gasteiger partial charge is 0.478 e. The predicted octanol–water partition coefficient (Wildman–Crippen LogP) is 3.00. The Hall–Kier alpha value is -2.71. The van der Waals surface area contributed by atoms with Crippen LogP contribution in [0.1, 0.15) is 35.2 Å². The number of carbonyl (C=O) groups is 2. The second-order valence-electron chi connectivity index (χ2n) is 7.47. The van der Waals surface area contributed by atoms with Crippen molar-refractivity contribution in [3.8, 4) is 0 Å². The van der Waals surface area contributed by atoms with Gasteiger partial charge < -0.3 is 10.4 Å². The van der Waals surface area contributed by atoms with E-state index >= 15 is 0 Å². The summed E-state index contributed by atoms with van der Waals surface area (Å²) in [5.41, 5.74) is 1.74. The van der Waals surface area contributed by atoms with Crippen LogP contribution < -0.4 is 5.32 Å². The van der Waals surface area contributed by atoms with E-state index in [4.69, 9.17) is 5.11 Å². The Morgan fingerprint density at radius 2 is 1.77 bits per heavy atom. The number of rotatable bonds is 8. The number of hydrogen-bond donors (Lipinski definition) is 2. The molecule has 0 unspecified atom stereocenters. The third-order valence-electron chi connectivity index (χ3n) is 5.26. The van der Waals surface area contributed by atoms with Gasteiger partial charge in [0, 0.05) is 18.8 Å². The van der Waals surface area contributed by atoms with Gasteiger partial charge in [-0.2, -0.15) is 0 Å². The lowest BCUT2D eigenvalue weighted by Gasteiger charge is -2.31. The summed E-state index contributed by atoms with van der Waals surface area (Å²) in [4.78, 5) is 23.5. The quantitative estimate of drug-likeness (QED) is 0.670. The van der Waals surface area contributed by atoms with Gasteiger partial charge in [-0.25, -0.2) is 17.5 Å². The van der Waals surface area contributed by atoms with Crippen LogP contribution in [0.15, 0.2) is 54.6 Å². The van der Waals surface area contributed by atoms with Crippen LogP contribution in [0.4, 0.5) is 5.69 Å². The summed E-state index contributed by atoms with van der Waals surface area (Å²) in [6.07, 6.45) is 2.49. The lowest BCUT2D eigenvalue weighted by molar-refractivity contribution is -0.120. The van der Waals surface area contributed by atoms with Gasteiger partial charge in [0.05, 0.1) is 17.2 Å². The highest BCUT2D eigenvalue weighted by atomic mass is 32.2. The van der Waals surface area contributed by atoms with Gasteiger partial charge in [0.25, 0.3) is 0 Å². The normalized spacial score (nSPS) is 17.4. The molecule has 0 radical (unpaired) electrons. The molecule has 8 heteroatoms. The summed E-state index contributed by atoms with van der Waals surface area (Å²) in [6, 6.07) is 15.7. The molecule has 0 spiro atoms. The molecule has 0 aliphatic carbocycles. The van der Waals surface area contributed by atoms with Gasteiger partial charge in [-0.15, -0.1) is 0 Å². The Balaban J connectivity index is 1.54. The summed E-state index contributed by atoms with van der Waals surface area (Å²) < 4.78 is 26.9. The number of amides is 1. The van der Waals surface area contributed by atoms with Crippen LogP contribution in [0.5, 0.6) is 0 Å². The molecule has 2 aromatic rings. The van der Waals surface area contributed by atoms with Crippen molar-refractivity contribution in [1.82, 2.24) is 4.31 Å². The summed E-state index contributed by atoms with van der Waals surface area (Å²) >= 11 is 0. The zero-order chi connectivity index (χ0) is 21.6. The van der Waals surface area contributed by atoms with Crippen LogP contribution >= 0.6 is 0 Å². The fourth-order valence-corrected chi connectivity index (χ4v) is 5.16. The highest BCUT2D eigenvalue weighted by molar-refractivity contribution is 7.89. The van der Waals surface area contributed by atoms with E-state index in [1.165, 1.54) is 28.6 Å². The molecule has 1 fully saturated rings. The van der Waals surface area contributed by atoms with Crippen molar-refractivity contribution < 1.29 is 23.1 Å². The number of nitrogens with one attached hydrogen (secondary N) is 1. The van der Waals surface area contributed by atoms with Crippen molar-refractivity contribution in [2.45, 2.75) is 25.7 Å². The molecule has 1 atom stereocenters. The molecule has 2 N–H and O–H groups in total. The number of carboxylic acid groups (broad SMARTS) is 1. The second kappa shape index (κ2) is 9.86. The topological polar surface area (TPSA) is 104 Å². The Kier molecular flexibility index (Phi) is 7.23. The van der Waals surface area contributed by atoms with Gasteiger partial charge in [0.1, 0.15) is 0 Å². The first kappa shape index (κ1) is 22.0. The third-order valence-corrected chi connectivity index (χ3v) is 7.18. The molecule has 1 aliphatic rings. The van der Waals surface area contributed by atoms with Crippen LogP contribution in [0.25, 0.3) is 0 Å². The Labute approximate surface area is 176 Å². The molecule has 1 heterocycles. The van der Waals surface area contributed by atoms with Crippen LogP contribution in [0, 0.1) is 5.92 Å². The summed E-state index contributed by atoms with van der Waals surface area (Å²) in [7, 11) is -3.42. The van der Waals surface area contributed by atoms with Crippen molar-refractivity contribution in [2.24, 2.45) is 5.92 Å². The molecule has 0 saturated carbocycles. The van der Waals surface area contributed by atoms with Crippen LogP contribution in [-0.2, 0) is 21.2 Å². The number of hydrogen-bond acceptors (Lipinski definition) is 4. The summed E-state index contributed by atoms with van der Waals surface area (Å²) in [5.74, 6) is -1.65. The van der Waals surface area contributed by atoms with Crippen LogP contribution in [0.2, 0.25) is 0 Å². The maximum Gasteiger partial charge on any atom is 0.335 e. The van der Waals surface area contributed by atoms with Gasteiger partial charge in [-0.3, -0.25) is 4.79 Å². The molecule has 0 bridgehead atoms. The Bertz CT molecular complexity index is 974.